The van der Waals surface area contributed by atoms with Crippen molar-refractivity contribution in [3.8, 4) is 0 Å². The lowest BCUT2D eigenvalue weighted by Crippen LogP contribution is -2.23. The molecule has 0 saturated heterocycles. The van der Waals surface area contributed by atoms with Crippen LogP contribution in [0.15, 0.2) is 41.4 Å². The molecule has 2 rings (SSSR count). The van der Waals surface area contributed by atoms with Gasteiger partial charge in [0.15, 0.2) is 0 Å². The Balaban J connectivity index is 2.16. The van der Waals surface area contributed by atoms with Gasteiger partial charge in [-0.05, 0) is 42.3 Å². The molecule has 7 heteroatoms. The van der Waals surface area contributed by atoms with Crippen molar-refractivity contribution in [2.24, 2.45) is 0 Å². The zero-order valence-corrected chi connectivity index (χ0v) is 12.9. The Morgan fingerprint density at radius 3 is 2.67 bits per heavy atom. The van der Waals surface area contributed by atoms with Gasteiger partial charge in [0.25, 0.3) is 0 Å². The molecule has 0 fully saturated rings. The molecule has 1 heterocycles. The third-order valence-electron chi connectivity index (χ3n) is 2.94. The number of nitrogens with zero attached hydrogens (tertiary/aromatic N) is 1. The molecule has 0 saturated carbocycles. The van der Waals surface area contributed by atoms with Crippen LogP contribution < -0.4 is 4.72 Å². The van der Waals surface area contributed by atoms with Crippen molar-refractivity contribution in [2.75, 3.05) is 0 Å². The molecule has 0 spiro atoms. The number of benzene rings is 1. The lowest BCUT2D eigenvalue weighted by molar-refractivity contribution is 0.281. The standard InChI is InChI=1S/C14H15ClN2O3S/c1-10-2-3-11(7-16-10)8-17-21(19,20)13-4-5-14(15)12(6-13)9-18/h2-7,17-18H,8-9H2,1H3. The minimum atomic E-state index is -3.67. The van der Waals surface area contributed by atoms with Gasteiger partial charge in [-0.2, -0.15) is 0 Å². The van der Waals surface area contributed by atoms with E-state index in [0.717, 1.165) is 11.3 Å². The molecule has 1 aromatic heterocycles. The van der Waals surface area contributed by atoms with E-state index in [1.54, 1.807) is 6.20 Å². The van der Waals surface area contributed by atoms with Crippen LogP contribution in [0.1, 0.15) is 16.8 Å². The molecule has 0 aliphatic carbocycles. The molecule has 0 aliphatic heterocycles. The Kier molecular flexibility index (Phi) is 4.95. The number of aryl methyl sites for hydroxylation is 1. The van der Waals surface area contributed by atoms with Crippen molar-refractivity contribution in [2.45, 2.75) is 25.0 Å². The summed E-state index contributed by atoms with van der Waals surface area (Å²) in [5.41, 5.74) is 2.00. The highest BCUT2D eigenvalue weighted by atomic mass is 35.5. The zero-order valence-electron chi connectivity index (χ0n) is 11.4. The number of aliphatic hydroxyl groups excluding tert-OH is 1. The highest BCUT2D eigenvalue weighted by molar-refractivity contribution is 7.89. The molecular weight excluding hydrogens is 312 g/mol. The molecule has 21 heavy (non-hydrogen) atoms. The van der Waals surface area contributed by atoms with E-state index in [9.17, 15) is 8.42 Å². The number of nitrogens with one attached hydrogen (secondary N) is 1. The van der Waals surface area contributed by atoms with Crippen molar-refractivity contribution >= 4 is 21.6 Å². The van der Waals surface area contributed by atoms with E-state index in [-0.39, 0.29) is 18.0 Å². The summed E-state index contributed by atoms with van der Waals surface area (Å²) < 4.78 is 26.9. The lowest BCUT2D eigenvalue weighted by Gasteiger charge is -2.09. The quantitative estimate of drug-likeness (QED) is 0.881. The highest BCUT2D eigenvalue weighted by Gasteiger charge is 2.15. The molecule has 0 unspecified atom stereocenters. The van der Waals surface area contributed by atoms with Crippen molar-refractivity contribution in [3.63, 3.8) is 0 Å². The summed E-state index contributed by atoms with van der Waals surface area (Å²) in [5.74, 6) is 0. The summed E-state index contributed by atoms with van der Waals surface area (Å²) in [5, 5.41) is 9.47. The van der Waals surface area contributed by atoms with Crippen LogP contribution in [0.5, 0.6) is 0 Å². The summed E-state index contributed by atoms with van der Waals surface area (Å²) in [6.45, 7) is 1.69. The maximum atomic E-state index is 12.2. The van der Waals surface area contributed by atoms with Crippen LogP contribution in [0.25, 0.3) is 0 Å². The predicted octanol–water partition coefficient (Wildman–Crippen LogP) is 2.01. The second kappa shape index (κ2) is 6.53. The van der Waals surface area contributed by atoms with Crippen molar-refractivity contribution < 1.29 is 13.5 Å². The first-order chi connectivity index (χ1) is 9.92. The van der Waals surface area contributed by atoms with Crippen molar-refractivity contribution in [1.29, 1.82) is 0 Å². The van der Waals surface area contributed by atoms with Crippen LogP contribution in [-0.4, -0.2) is 18.5 Å². The average Bonchev–Trinajstić information content (AvgIpc) is 2.47. The molecule has 2 N–H and O–H groups in total. The van der Waals surface area contributed by atoms with Crippen LogP contribution in [0.4, 0.5) is 0 Å². The van der Waals surface area contributed by atoms with Gasteiger partial charge in [-0.3, -0.25) is 4.98 Å². The fourth-order valence-corrected chi connectivity index (χ4v) is 2.95. The van der Waals surface area contributed by atoms with E-state index in [1.807, 2.05) is 19.1 Å². The van der Waals surface area contributed by atoms with E-state index in [0.29, 0.717) is 10.6 Å². The van der Waals surface area contributed by atoms with E-state index in [1.165, 1.54) is 18.2 Å². The molecule has 0 aliphatic rings. The number of pyridine rings is 1. The van der Waals surface area contributed by atoms with Gasteiger partial charge in [0.05, 0.1) is 11.5 Å². The number of aliphatic hydroxyl groups is 1. The second-order valence-electron chi connectivity index (χ2n) is 4.54. The summed E-state index contributed by atoms with van der Waals surface area (Å²) in [6.07, 6.45) is 1.62. The smallest absolute Gasteiger partial charge is 0.240 e. The van der Waals surface area contributed by atoms with Crippen LogP contribution in [-0.2, 0) is 23.2 Å². The van der Waals surface area contributed by atoms with Crippen molar-refractivity contribution in [1.82, 2.24) is 9.71 Å². The van der Waals surface area contributed by atoms with Crippen LogP contribution in [0, 0.1) is 6.92 Å². The van der Waals surface area contributed by atoms with Gasteiger partial charge in [-0.15, -0.1) is 0 Å². The zero-order chi connectivity index (χ0) is 15.5. The number of sulfonamides is 1. The topological polar surface area (TPSA) is 79.3 Å². The molecule has 2 aromatic rings. The van der Waals surface area contributed by atoms with Crippen molar-refractivity contribution in [3.05, 3.63) is 58.4 Å². The largest absolute Gasteiger partial charge is 0.392 e. The summed E-state index contributed by atoms with van der Waals surface area (Å²) >= 11 is 5.85. The van der Waals surface area contributed by atoms with Crippen LogP contribution in [0.2, 0.25) is 5.02 Å². The molecule has 0 atom stereocenters. The Hall–Kier alpha value is -1.47. The number of hydrogen-bond donors (Lipinski definition) is 2. The first kappa shape index (κ1) is 15.9. The van der Waals surface area contributed by atoms with Gasteiger partial charge in [0, 0.05) is 23.5 Å². The van der Waals surface area contributed by atoms with Gasteiger partial charge in [-0.25, -0.2) is 13.1 Å². The van der Waals surface area contributed by atoms with Crippen LogP contribution >= 0.6 is 11.6 Å². The summed E-state index contributed by atoms with van der Waals surface area (Å²) in [6, 6.07) is 7.84. The number of rotatable bonds is 5. The third-order valence-corrected chi connectivity index (χ3v) is 4.70. The van der Waals surface area contributed by atoms with E-state index in [2.05, 4.69) is 9.71 Å². The molecule has 1 aromatic carbocycles. The van der Waals surface area contributed by atoms with Gasteiger partial charge in [0.2, 0.25) is 10.0 Å². The Morgan fingerprint density at radius 2 is 2.05 bits per heavy atom. The first-order valence-electron chi connectivity index (χ1n) is 6.23. The first-order valence-corrected chi connectivity index (χ1v) is 8.09. The Bertz CT molecular complexity index is 730. The average molecular weight is 327 g/mol. The predicted molar refractivity (Wildman–Crippen MR) is 80.4 cm³/mol. The molecular formula is C14H15ClN2O3S. The fraction of sp³-hybridized carbons (Fsp3) is 0.214. The normalized spacial score (nSPS) is 11.6. The number of aromatic nitrogens is 1. The van der Waals surface area contributed by atoms with Gasteiger partial charge >= 0.3 is 0 Å². The molecule has 0 amide bonds. The molecule has 0 radical (unpaired) electrons. The minimum Gasteiger partial charge on any atom is -0.392 e. The second-order valence-corrected chi connectivity index (χ2v) is 6.72. The highest BCUT2D eigenvalue weighted by Crippen LogP contribution is 2.20. The van der Waals surface area contributed by atoms with Gasteiger partial charge in [0.1, 0.15) is 0 Å². The van der Waals surface area contributed by atoms with E-state index in [4.69, 9.17) is 16.7 Å². The monoisotopic (exact) mass is 326 g/mol. The Labute approximate surface area is 128 Å². The van der Waals surface area contributed by atoms with Crippen LogP contribution in [0.3, 0.4) is 0 Å². The summed E-state index contributed by atoms with van der Waals surface area (Å²) in [4.78, 5) is 4.17. The third kappa shape index (κ3) is 4.01. The molecule has 112 valence electrons. The van der Waals surface area contributed by atoms with Gasteiger partial charge < -0.3 is 5.11 Å². The number of hydrogen-bond acceptors (Lipinski definition) is 4. The SMILES string of the molecule is Cc1ccc(CNS(=O)(=O)c2ccc(Cl)c(CO)c2)cn1. The molecule has 0 bridgehead atoms. The Morgan fingerprint density at radius 1 is 1.29 bits per heavy atom. The number of halogens is 1. The lowest BCUT2D eigenvalue weighted by atomic mass is 10.2. The molecule has 5 nitrogen and oxygen atoms in total. The fourth-order valence-electron chi connectivity index (χ4n) is 1.70. The minimum absolute atomic E-state index is 0.0658. The van der Waals surface area contributed by atoms with E-state index >= 15 is 0 Å². The maximum Gasteiger partial charge on any atom is 0.240 e. The maximum absolute atomic E-state index is 12.2. The summed E-state index contributed by atoms with van der Waals surface area (Å²) in [7, 11) is -3.67. The van der Waals surface area contributed by atoms with E-state index < -0.39 is 10.0 Å². The van der Waals surface area contributed by atoms with Gasteiger partial charge in [-0.1, -0.05) is 17.7 Å².